The van der Waals surface area contributed by atoms with Crippen LogP contribution in [0.2, 0.25) is 5.02 Å². The third kappa shape index (κ3) is 3.75. The summed E-state index contributed by atoms with van der Waals surface area (Å²) in [6, 6.07) is 8.25. The van der Waals surface area contributed by atoms with Gasteiger partial charge in [-0.2, -0.15) is 0 Å². The number of likely N-dealkylation sites (N-methyl/N-ethyl adjacent to an activating group) is 1. The molecule has 0 radical (unpaired) electrons. The molecule has 1 N–H and O–H groups in total. The van der Waals surface area contributed by atoms with E-state index in [-0.39, 0.29) is 6.04 Å². The first-order valence-corrected chi connectivity index (χ1v) is 7.62. The molecule has 0 aliphatic carbocycles. The first-order valence-electron chi connectivity index (χ1n) is 6.47. The minimum Gasteiger partial charge on any atom is -0.312 e. The van der Waals surface area contributed by atoms with Gasteiger partial charge in [0.15, 0.2) is 0 Å². The number of rotatable bonds is 6. The normalized spacial score (nSPS) is 12.6. The topological polar surface area (TPSA) is 37.8 Å². The van der Waals surface area contributed by atoms with Crippen molar-refractivity contribution in [3.63, 3.8) is 0 Å². The molecule has 19 heavy (non-hydrogen) atoms. The van der Waals surface area contributed by atoms with E-state index in [1.165, 1.54) is 22.0 Å². The van der Waals surface area contributed by atoms with Gasteiger partial charge in [0.25, 0.3) is 0 Å². The summed E-state index contributed by atoms with van der Waals surface area (Å²) < 4.78 is 4.09. The average molecular weight is 296 g/mol. The Bertz CT molecular complexity index is 527. The van der Waals surface area contributed by atoms with Gasteiger partial charge in [0.2, 0.25) is 0 Å². The molecule has 0 amide bonds. The van der Waals surface area contributed by atoms with Crippen LogP contribution in [0, 0.1) is 0 Å². The minimum absolute atomic E-state index is 0.250. The van der Waals surface area contributed by atoms with E-state index in [0.29, 0.717) is 0 Å². The van der Waals surface area contributed by atoms with E-state index in [9.17, 15) is 0 Å². The molecule has 0 spiro atoms. The molecule has 102 valence electrons. The Balaban J connectivity index is 2.18. The standard InChI is InChI=1S/C14H18ClN3S/c1-3-5-12-14(19-18-17-12)13(16-2)9-10-6-4-7-11(15)8-10/h4,6-8,13,16H,3,5,9H2,1-2H3. The van der Waals surface area contributed by atoms with Crippen LogP contribution in [-0.4, -0.2) is 16.6 Å². The van der Waals surface area contributed by atoms with Crippen LogP contribution in [0.3, 0.4) is 0 Å². The molecule has 0 aliphatic heterocycles. The van der Waals surface area contributed by atoms with Gasteiger partial charge in [0.05, 0.1) is 10.6 Å². The van der Waals surface area contributed by atoms with Gasteiger partial charge in [-0.25, -0.2) is 0 Å². The SMILES string of the molecule is CCCc1nnsc1C(Cc1cccc(Cl)c1)NC. The molecule has 5 heteroatoms. The van der Waals surface area contributed by atoms with Gasteiger partial charge in [0.1, 0.15) is 0 Å². The monoisotopic (exact) mass is 295 g/mol. The Labute approximate surface area is 123 Å². The lowest BCUT2D eigenvalue weighted by Gasteiger charge is -2.15. The van der Waals surface area contributed by atoms with Gasteiger partial charge in [-0.3, -0.25) is 0 Å². The molecule has 0 aliphatic rings. The molecule has 1 aromatic carbocycles. The second kappa shape index (κ2) is 6.98. The summed E-state index contributed by atoms with van der Waals surface area (Å²) in [4.78, 5) is 1.24. The van der Waals surface area contributed by atoms with Gasteiger partial charge in [-0.05, 0) is 49.1 Å². The first kappa shape index (κ1) is 14.4. The quantitative estimate of drug-likeness (QED) is 0.884. The number of nitrogens with one attached hydrogen (secondary N) is 1. The number of aryl methyl sites for hydroxylation is 1. The molecule has 0 fully saturated rings. The zero-order chi connectivity index (χ0) is 13.7. The van der Waals surface area contributed by atoms with E-state index in [2.05, 4.69) is 27.9 Å². The molecule has 0 saturated carbocycles. The molecule has 0 bridgehead atoms. The van der Waals surface area contributed by atoms with Crippen LogP contribution in [0.4, 0.5) is 0 Å². The lowest BCUT2D eigenvalue weighted by molar-refractivity contribution is 0.593. The Hall–Kier alpha value is -0.970. The summed E-state index contributed by atoms with van der Waals surface area (Å²) in [7, 11) is 1.98. The van der Waals surface area contributed by atoms with E-state index in [0.717, 1.165) is 30.0 Å². The van der Waals surface area contributed by atoms with Crippen molar-refractivity contribution < 1.29 is 0 Å². The summed E-state index contributed by atoms with van der Waals surface area (Å²) in [5, 5.41) is 8.38. The van der Waals surface area contributed by atoms with Gasteiger partial charge in [-0.1, -0.05) is 41.6 Å². The number of hydrogen-bond donors (Lipinski definition) is 1. The fourth-order valence-corrected chi connectivity index (χ4v) is 3.13. The minimum atomic E-state index is 0.250. The largest absolute Gasteiger partial charge is 0.312 e. The van der Waals surface area contributed by atoms with Crippen molar-refractivity contribution in [3.05, 3.63) is 45.4 Å². The van der Waals surface area contributed by atoms with Crippen LogP contribution in [0.25, 0.3) is 0 Å². The highest BCUT2D eigenvalue weighted by Gasteiger charge is 2.17. The maximum absolute atomic E-state index is 6.03. The Morgan fingerprint density at radius 2 is 2.26 bits per heavy atom. The molecular weight excluding hydrogens is 278 g/mol. The maximum atomic E-state index is 6.03. The summed E-state index contributed by atoms with van der Waals surface area (Å²) >= 11 is 7.52. The predicted octanol–water partition coefficient (Wildman–Crippen LogP) is 3.65. The molecule has 2 aromatic rings. The van der Waals surface area contributed by atoms with Crippen LogP contribution in [-0.2, 0) is 12.8 Å². The zero-order valence-electron chi connectivity index (χ0n) is 11.2. The highest BCUT2D eigenvalue weighted by molar-refractivity contribution is 7.05. The van der Waals surface area contributed by atoms with Crippen molar-refractivity contribution in [2.75, 3.05) is 7.05 Å². The summed E-state index contributed by atoms with van der Waals surface area (Å²) in [6.07, 6.45) is 2.98. The number of aromatic nitrogens is 2. The number of benzene rings is 1. The van der Waals surface area contributed by atoms with Gasteiger partial charge < -0.3 is 5.32 Å². The van der Waals surface area contributed by atoms with Crippen LogP contribution in [0.5, 0.6) is 0 Å². The molecule has 1 aromatic heterocycles. The van der Waals surface area contributed by atoms with Gasteiger partial charge >= 0.3 is 0 Å². The molecule has 3 nitrogen and oxygen atoms in total. The van der Waals surface area contributed by atoms with E-state index in [1.807, 2.05) is 25.2 Å². The number of nitrogens with zero attached hydrogens (tertiary/aromatic N) is 2. The molecule has 1 unspecified atom stereocenters. The molecule has 2 rings (SSSR count). The van der Waals surface area contributed by atoms with E-state index >= 15 is 0 Å². The lowest BCUT2D eigenvalue weighted by atomic mass is 10.0. The summed E-state index contributed by atoms with van der Waals surface area (Å²) in [5.74, 6) is 0. The van der Waals surface area contributed by atoms with Crippen LogP contribution >= 0.6 is 23.1 Å². The van der Waals surface area contributed by atoms with Crippen molar-refractivity contribution in [2.45, 2.75) is 32.2 Å². The Morgan fingerprint density at radius 3 is 2.95 bits per heavy atom. The summed E-state index contributed by atoms with van der Waals surface area (Å²) in [5.41, 5.74) is 2.34. The van der Waals surface area contributed by atoms with Crippen LogP contribution < -0.4 is 5.32 Å². The average Bonchev–Trinajstić information content (AvgIpc) is 2.85. The zero-order valence-corrected chi connectivity index (χ0v) is 12.8. The fraction of sp³-hybridized carbons (Fsp3) is 0.429. The third-order valence-electron chi connectivity index (χ3n) is 3.07. The lowest BCUT2D eigenvalue weighted by Crippen LogP contribution is -2.19. The van der Waals surface area contributed by atoms with Crippen molar-refractivity contribution in [1.82, 2.24) is 14.9 Å². The highest BCUT2D eigenvalue weighted by Crippen LogP contribution is 2.25. The fourth-order valence-electron chi connectivity index (χ4n) is 2.12. The third-order valence-corrected chi connectivity index (χ3v) is 4.18. The predicted molar refractivity (Wildman–Crippen MR) is 80.9 cm³/mol. The smallest absolute Gasteiger partial charge is 0.0803 e. The second-order valence-electron chi connectivity index (χ2n) is 4.51. The van der Waals surface area contributed by atoms with Crippen molar-refractivity contribution in [2.24, 2.45) is 0 Å². The summed E-state index contributed by atoms with van der Waals surface area (Å²) in [6.45, 7) is 2.16. The van der Waals surface area contributed by atoms with E-state index in [1.54, 1.807) is 0 Å². The van der Waals surface area contributed by atoms with E-state index < -0.39 is 0 Å². The highest BCUT2D eigenvalue weighted by atomic mass is 35.5. The molecule has 1 heterocycles. The molecular formula is C14H18ClN3S. The Morgan fingerprint density at radius 1 is 1.42 bits per heavy atom. The Kier molecular flexibility index (Phi) is 5.31. The van der Waals surface area contributed by atoms with Crippen molar-refractivity contribution in [3.8, 4) is 0 Å². The van der Waals surface area contributed by atoms with E-state index in [4.69, 9.17) is 11.6 Å². The van der Waals surface area contributed by atoms with Crippen LogP contribution in [0.15, 0.2) is 24.3 Å². The van der Waals surface area contributed by atoms with Crippen molar-refractivity contribution in [1.29, 1.82) is 0 Å². The molecule has 1 atom stereocenters. The maximum Gasteiger partial charge on any atom is 0.0803 e. The molecule has 0 saturated heterocycles. The number of hydrogen-bond acceptors (Lipinski definition) is 4. The van der Waals surface area contributed by atoms with Crippen molar-refractivity contribution >= 4 is 23.1 Å². The van der Waals surface area contributed by atoms with Crippen LogP contribution in [0.1, 0.15) is 35.5 Å². The first-order chi connectivity index (χ1) is 9.24. The number of halogens is 1. The van der Waals surface area contributed by atoms with Gasteiger partial charge in [-0.15, -0.1) is 5.10 Å². The second-order valence-corrected chi connectivity index (χ2v) is 5.73. The van der Waals surface area contributed by atoms with Gasteiger partial charge in [0, 0.05) is 11.1 Å².